The fourth-order valence-corrected chi connectivity index (χ4v) is 2.96. The van der Waals surface area contributed by atoms with E-state index in [0.717, 1.165) is 32.2 Å². The summed E-state index contributed by atoms with van der Waals surface area (Å²) in [7, 11) is 0. The molecule has 1 fully saturated rings. The molecule has 2 aromatic rings. The van der Waals surface area contributed by atoms with E-state index in [1.165, 1.54) is 11.1 Å². The highest BCUT2D eigenvalue weighted by atomic mass is 16.2. The van der Waals surface area contributed by atoms with Gasteiger partial charge in [-0.2, -0.15) is 0 Å². The van der Waals surface area contributed by atoms with Gasteiger partial charge < -0.3 is 10.6 Å². The lowest BCUT2D eigenvalue weighted by atomic mass is 9.96. The van der Waals surface area contributed by atoms with Crippen LogP contribution >= 0.6 is 0 Å². The monoisotopic (exact) mass is 308 g/mol. The third kappa shape index (κ3) is 4.35. The molecule has 0 radical (unpaired) electrons. The molecule has 120 valence electrons. The highest BCUT2D eigenvalue weighted by Gasteiger charge is 2.44. The van der Waals surface area contributed by atoms with E-state index in [2.05, 4.69) is 47.0 Å². The molecule has 3 nitrogen and oxygen atoms in total. The van der Waals surface area contributed by atoms with Gasteiger partial charge in [0.1, 0.15) is 0 Å². The Hall–Kier alpha value is -2.29. The van der Waals surface area contributed by atoms with Crippen LogP contribution in [0.1, 0.15) is 30.4 Å². The third-order valence-corrected chi connectivity index (χ3v) is 4.60. The molecule has 0 atom stereocenters. The van der Waals surface area contributed by atoms with Gasteiger partial charge in [-0.05, 0) is 36.8 Å². The van der Waals surface area contributed by atoms with Gasteiger partial charge in [0.15, 0.2) is 0 Å². The van der Waals surface area contributed by atoms with Gasteiger partial charge in [-0.1, -0.05) is 60.7 Å². The van der Waals surface area contributed by atoms with Crippen molar-refractivity contribution >= 4 is 6.03 Å². The Morgan fingerprint density at radius 1 is 0.913 bits per heavy atom. The first-order valence-corrected chi connectivity index (χ1v) is 8.40. The summed E-state index contributed by atoms with van der Waals surface area (Å²) in [5.41, 5.74) is 2.82. The van der Waals surface area contributed by atoms with Gasteiger partial charge in [-0.3, -0.25) is 0 Å². The van der Waals surface area contributed by atoms with Crippen LogP contribution in [0.3, 0.4) is 0 Å². The topological polar surface area (TPSA) is 41.1 Å². The average Bonchev–Trinajstić information content (AvgIpc) is 3.40. The molecule has 2 amide bonds. The molecule has 2 N–H and O–H groups in total. The van der Waals surface area contributed by atoms with Crippen LogP contribution in [0.4, 0.5) is 4.79 Å². The number of aryl methyl sites for hydroxylation is 1. The Balaban J connectivity index is 1.36. The van der Waals surface area contributed by atoms with Crippen molar-refractivity contribution in [3.05, 3.63) is 71.8 Å². The second-order valence-electron chi connectivity index (χ2n) is 6.34. The fraction of sp³-hybridized carbons (Fsp3) is 0.350. The Morgan fingerprint density at radius 3 is 2.22 bits per heavy atom. The molecule has 0 bridgehead atoms. The maximum atomic E-state index is 11.9. The van der Waals surface area contributed by atoms with Crippen LogP contribution in [-0.2, 0) is 11.8 Å². The SMILES string of the molecule is O=C(NCCCc1ccccc1)NCC1(c2ccccc2)CC1. The summed E-state index contributed by atoms with van der Waals surface area (Å²) in [6.07, 6.45) is 4.27. The predicted octanol–water partition coefficient (Wildman–Crippen LogP) is 3.65. The Kier molecular flexibility index (Phi) is 4.96. The summed E-state index contributed by atoms with van der Waals surface area (Å²) in [4.78, 5) is 11.9. The summed E-state index contributed by atoms with van der Waals surface area (Å²) < 4.78 is 0. The van der Waals surface area contributed by atoms with Crippen molar-refractivity contribution in [3.63, 3.8) is 0 Å². The average molecular weight is 308 g/mol. The van der Waals surface area contributed by atoms with Crippen LogP contribution in [0.15, 0.2) is 60.7 Å². The highest BCUT2D eigenvalue weighted by molar-refractivity contribution is 5.74. The molecule has 0 spiro atoms. The molecular weight excluding hydrogens is 284 g/mol. The lowest BCUT2D eigenvalue weighted by Gasteiger charge is -2.17. The van der Waals surface area contributed by atoms with E-state index in [1.807, 2.05) is 24.3 Å². The first kappa shape index (κ1) is 15.6. The minimum absolute atomic E-state index is 0.0553. The van der Waals surface area contributed by atoms with E-state index in [4.69, 9.17) is 0 Å². The fourth-order valence-electron chi connectivity index (χ4n) is 2.96. The van der Waals surface area contributed by atoms with Crippen molar-refractivity contribution in [2.45, 2.75) is 31.1 Å². The number of urea groups is 1. The van der Waals surface area contributed by atoms with E-state index >= 15 is 0 Å². The van der Waals surface area contributed by atoms with Gasteiger partial charge >= 0.3 is 6.03 Å². The van der Waals surface area contributed by atoms with E-state index in [-0.39, 0.29) is 11.4 Å². The molecule has 1 aliphatic carbocycles. The third-order valence-electron chi connectivity index (χ3n) is 4.60. The van der Waals surface area contributed by atoms with Crippen molar-refractivity contribution in [1.82, 2.24) is 10.6 Å². The molecule has 0 unspecified atom stereocenters. The van der Waals surface area contributed by atoms with Crippen LogP contribution in [0.25, 0.3) is 0 Å². The zero-order chi connectivity index (χ0) is 16.0. The Morgan fingerprint density at radius 2 is 1.57 bits per heavy atom. The molecule has 1 aliphatic rings. The minimum Gasteiger partial charge on any atom is -0.338 e. The standard InChI is InChI=1S/C20H24N2O/c23-19(21-15-7-10-17-8-3-1-4-9-17)22-16-20(13-14-20)18-11-5-2-6-12-18/h1-6,8-9,11-12H,7,10,13-16H2,(H2,21,22,23). The smallest absolute Gasteiger partial charge is 0.314 e. The molecule has 23 heavy (non-hydrogen) atoms. The van der Waals surface area contributed by atoms with Crippen molar-refractivity contribution < 1.29 is 4.79 Å². The summed E-state index contributed by atoms with van der Waals surface area (Å²) in [5, 5.41) is 5.99. The quantitative estimate of drug-likeness (QED) is 0.753. The van der Waals surface area contributed by atoms with Crippen molar-refractivity contribution in [1.29, 1.82) is 0 Å². The summed E-state index contributed by atoms with van der Waals surface area (Å²) in [6, 6.07) is 20.8. The summed E-state index contributed by atoms with van der Waals surface area (Å²) in [5.74, 6) is 0. The van der Waals surface area contributed by atoms with Gasteiger partial charge in [0.05, 0.1) is 0 Å². The molecule has 0 aromatic heterocycles. The maximum Gasteiger partial charge on any atom is 0.314 e. The summed E-state index contributed by atoms with van der Waals surface area (Å²) >= 11 is 0. The molecule has 2 aromatic carbocycles. The van der Waals surface area contributed by atoms with E-state index < -0.39 is 0 Å². The molecule has 3 heteroatoms. The number of rotatable bonds is 7. The van der Waals surface area contributed by atoms with Gasteiger partial charge in [-0.25, -0.2) is 4.79 Å². The van der Waals surface area contributed by atoms with Crippen LogP contribution in [0, 0.1) is 0 Å². The van der Waals surface area contributed by atoms with E-state index in [1.54, 1.807) is 0 Å². The van der Waals surface area contributed by atoms with Gasteiger partial charge in [0.2, 0.25) is 0 Å². The zero-order valence-corrected chi connectivity index (χ0v) is 13.4. The second kappa shape index (κ2) is 7.32. The number of hydrogen-bond acceptors (Lipinski definition) is 1. The number of carbonyl (C=O) groups excluding carboxylic acids is 1. The van der Waals surface area contributed by atoms with Crippen LogP contribution in [-0.4, -0.2) is 19.1 Å². The van der Waals surface area contributed by atoms with Crippen molar-refractivity contribution in [3.8, 4) is 0 Å². The maximum absolute atomic E-state index is 11.9. The number of hydrogen-bond donors (Lipinski definition) is 2. The molecule has 0 saturated heterocycles. The molecule has 3 rings (SSSR count). The van der Waals surface area contributed by atoms with Crippen LogP contribution < -0.4 is 10.6 Å². The second-order valence-corrected chi connectivity index (χ2v) is 6.34. The molecular formula is C20H24N2O. The lowest BCUT2D eigenvalue weighted by molar-refractivity contribution is 0.239. The molecule has 1 saturated carbocycles. The Bertz CT molecular complexity index is 621. The number of nitrogens with one attached hydrogen (secondary N) is 2. The highest BCUT2D eigenvalue weighted by Crippen LogP contribution is 2.47. The Labute approximate surface area is 138 Å². The van der Waals surface area contributed by atoms with Gasteiger partial charge in [0.25, 0.3) is 0 Å². The largest absolute Gasteiger partial charge is 0.338 e. The van der Waals surface area contributed by atoms with E-state index in [9.17, 15) is 4.79 Å². The first-order valence-electron chi connectivity index (χ1n) is 8.40. The van der Waals surface area contributed by atoms with Crippen molar-refractivity contribution in [2.24, 2.45) is 0 Å². The molecule has 0 aliphatic heterocycles. The van der Waals surface area contributed by atoms with Crippen LogP contribution in [0.2, 0.25) is 0 Å². The number of amides is 2. The van der Waals surface area contributed by atoms with Crippen molar-refractivity contribution in [2.75, 3.05) is 13.1 Å². The molecule has 0 heterocycles. The number of benzene rings is 2. The minimum atomic E-state index is -0.0553. The zero-order valence-electron chi connectivity index (χ0n) is 13.4. The number of carbonyl (C=O) groups is 1. The van der Waals surface area contributed by atoms with Crippen LogP contribution in [0.5, 0.6) is 0 Å². The van der Waals surface area contributed by atoms with Gasteiger partial charge in [-0.15, -0.1) is 0 Å². The first-order chi connectivity index (χ1) is 11.3. The predicted molar refractivity (Wildman–Crippen MR) is 93.5 cm³/mol. The summed E-state index contributed by atoms with van der Waals surface area (Å²) in [6.45, 7) is 1.43. The normalized spacial score (nSPS) is 15.0. The van der Waals surface area contributed by atoms with E-state index in [0.29, 0.717) is 6.54 Å². The lowest BCUT2D eigenvalue weighted by Crippen LogP contribution is -2.40. The van der Waals surface area contributed by atoms with Gasteiger partial charge in [0, 0.05) is 18.5 Å².